The summed E-state index contributed by atoms with van der Waals surface area (Å²) in [6.45, 7) is 12.7. The van der Waals surface area contributed by atoms with E-state index in [2.05, 4.69) is 80.7 Å². The van der Waals surface area contributed by atoms with Crippen molar-refractivity contribution in [2.24, 2.45) is 23.7 Å². The largest absolute Gasteiger partial charge is 1.00 e. The van der Waals surface area contributed by atoms with Gasteiger partial charge in [-0.1, -0.05) is 87.8 Å². The number of amides is 2. The Morgan fingerprint density at radius 2 is 0.915 bits per heavy atom. The number of benzene rings is 2. The van der Waals surface area contributed by atoms with Crippen LogP contribution in [0.15, 0.2) is 60.7 Å². The predicted octanol–water partition coefficient (Wildman–Crippen LogP) is 10.3. The number of nitrogens with zero attached hydrogens (tertiary/aromatic N) is 5. The first-order valence-electron chi connectivity index (χ1n) is 32.7. The van der Waals surface area contributed by atoms with Crippen LogP contribution in [0.2, 0.25) is 0 Å². The van der Waals surface area contributed by atoms with Gasteiger partial charge in [0.2, 0.25) is 11.8 Å². The van der Waals surface area contributed by atoms with Crippen LogP contribution in [0, 0.1) is 23.7 Å². The zero-order valence-corrected chi connectivity index (χ0v) is 54.4. The molecule has 14 atom stereocenters. The van der Waals surface area contributed by atoms with Crippen molar-refractivity contribution < 1.29 is 59.6 Å². The van der Waals surface area contributed by atoms with Crippen LogP contribution < -0.4 is 39.8 Å². The normalized spacial score (nSPS) is 33.5. The second-order valence-corrected chi connectivity index (χ2v) is 29.1. The molecule has 4 unspecified atom stereocenters. The Labute approximate surface area is 522 Å². The number of halogens is 1. The second-order valence-electron chi connectivity index (χ2n) is 28.9. The molecule has 2 amide bonds. The van der Waals surface area contributed by atoms with Crippen LogP contribution in [-0.2, 0) is 28.7 Å². The van der Waals surface area contributed by atoms with Crippen molar-refractivity contribution in [1.29, 1.82) is 0 Å². The van der Waals surface area contributed by atoms with Gasteiger partial charge in [-0.15, -0.1) is 11.6 Å². The molecule has 82 heavy (non-hydrogen) atoms. The van der Waals surface area contributed by atoms with Crippen molar-refractivity contribution in [3.8, 4) is 0 Å². The molecule has 4 aliphatic carbocycles. The molecule has 12 nitrogen and oxygen atoms in total. The number of alkyl halides is 1. The van der Waals surface area contributed by atoms with Crippen LogP contribution in [0.3, 0.4) is 0 Å². The average Bonchev–Trinajstić information content (AvgIpc) is 3.42. The molecule has 14 heteroatoms. The van der Waals surface area contributed by atoms with Crippen LogP contribution >= 0.6 is 11.6 Å². The van der Waals surface area contributed by atoms with Crippen molar-refractivity contribution >= 4 is 46.7 Å². The number of hydrogen-bond donors (Lipinski definition) is 1. The Bertz CT molecular complexity index is 2340. The Morgan fingerprint density at radius 1 is 0.512 bits per heavy atom. The van der Waals surface area contributed by atoms with E-state index in [0.717, 1.165) is 79.2 Å². The van der Waals surface area contributed by atoms with Gasteiger partial charge in [0.05, 0.1) is 6.54 Å². The minimum atomic E-state index is -0.548. The maximum Gasteiger partial charge on any atom is 1.00 e. The van der Waals surface area contributed by atoms with E-state index >= 15 is 0 Å². The number of likely N-dealkylation sites (tertiary alicyclic amines) is 2. The molecule has 450 valence electrons. The molecule has 1 N–H and O–H groups in total. The van der Waals surface area contributed by atoms with Crippen molar-refractivity contribution in [3.05, 3.63) is 60.7 Å². The molecule has 0 radical (unpaired) electrons. The SMILES string of the molecule is CC(C)(C)OC(=O)[C@@H]1CCCN1C(=O)CCl.CC(C)(C)OC(=O)[C@@H]1CCCN1C(=O)CN(c1ccccc1)C1C[C@H]2CCC[C@@H](C1)N2C1C[C@H]2CCC[C@@H](C1)C2.[H-].[Na+].c1ccc(NC2C[C@H]3CCC[C@@H](C2)N3C2C[C@H]3CCC[C@@H](C2)C3)cc1. The van der Waals surface area contributed by atoms with Gasteiger partial charge < -0.3 is 30.9 Å². The fraction of sp³-hybridized carbons (Fsp3) is 0.765. The minimum Gasteiger partial charge on any atom is -1.00 e. The van der Waals surface area contributed by atoms with Crippen LogP contribution in [0.25, 0.3) is 0 Å². The van der Waals surface area contributed by atoms with Crippen LogP contribution in [-0.4, -0.2) is 140 Å². The molecule has 10 fully saturated rings. The smallest absolute Gasteiger partial charge is 1.00 e. The van der Waals surface area contributed by atoms with E-state index in [1.54, 1.807) is 11.3 Å². The molecule has 0 spiro atoms. The van der Waals surface area contributed by atoms with Crippen molar-refractivity contribution in [3.63, 3.8) is 0 Å². The molecule has 6 saturated heterocycles. The van der Waals surface area contributed by atoms with Gasteiger partial charge in [-0.3, -0.25) is 19.4 Å². The van der Waals surface area contributed by atoms with E-state index in [4.69, 9.17) is 21.1 Å². The fourth-order valence-corrected chi connectivity index (χ4v) is 17.9. The van der Waals surface area contributed by atoms with Gasteiger partial charge >= 0.3 is 41.5 Å². The summed E-state index contributed by atoms with van der Waals surface area (Å²) in [5.74, 6) is 3.20. The quantitative estimate of drug-likeness (QED) is 0.133. The first kappa shape index (κ1) is 63.6. The first-order chi connectivity index (χ1) is 38.9. The number of para-hydroxylation sites is 2. The van der Waals surface area contributed by atoms with Crippen molar-refractivity contribution in [1.82, 2.24) is 19.6 Å². The van der Waals surface area contributed by atoms with Crippen LogP contribution in [0.4, 0.5) is 11.4 Å². The zero-order valence-electron chi connectivity index (χ0n) is 52.6. The van der Waals surface area contributed by atoms with Crippen molar-refractivity contribution in [2.45, 2.75) is 280 Å². The van der Waals surface area contributed by atoms with Crippen LogP contribution in [0.1, 0.15) is 210 Å². The van der Waals surface area contributed by atoms with E-state index in [1.165, 1.54) is 133 Å². The number of rotatable bonds is 11. The summed E-state index contributed by atoms with van der Waals surface area (Å²) in [6, 6.07) is 26.2. The second kappa shape index (κ2) is 28.8. The van der Waals surface area contributed by atoms with E-state index in [-0.39, 0.29) is 60.6 Å². The van der Waals surface area contributed by atoms with Gasteiger partial charge in [-0.2, -0.15) is 0 Å². The number of piperidine rings is 4. The number of carbonyl (C=O) groups is 4. The van der Waals surface area contributed by atoms with Gasteiger partial charge in [0.25, 0.3) is 0 Å². The Hall–Kier alpha value is -2.87. The summed E-state index contributed by atoms with van der Waals surface area (Å²) in [4.78, 5) is 62.0. The minimum absolute atomic E-state index is 0. The molecule has 12 rings (SSSR count). The van der Waals surface area contributed by atoms with Gasteiger partial charge in [-0.05, 0) is 205 Å². The Morgan fingerprint density at radius 3 is 1.34 bits per heavy atom. The summed E-state index contributed by atoms with van der Waals surface area (Å²) in [7, 11) is 0. The molecule has 0 aromatic heterocycles. The standard InChI is InChI=1S/C34H51N3O3.C23H34N2.C11H18ClNO3.Na.H/c1-34(2,3)40-33(39)31-16-9-17-35(31)32(38)23-36(26-12-5-4-6-13-26)29-21-27-14-8-15-28(22-29)37(27)30-19-24-10-7-11-25(18-24)20-30;1-2-8-19(9-3-1)24-20-15-21-10-5-11-22(16-20)25(21)23-13-17-6-4-7-18(12-17)14-23;1-11(2,3)16-10(15)8-5-4-6-13(8)9(14)7-12;;/h4-6,12-13,24-25,27-31H,7-11,14-23H2,1-3H3;1-3,8-9,17-18,20-24H,4-7,10-16H2;8H,4-7H2,1-3H3;;/q;;;+1;-1/t24-,25+,27-,28+,29?,30?,31-;17-,18+,20?,21-,22+,23?;8-;;/m0.0../s1. The average molecular weight is 1160 g/mol. The topological polar surface area (TPSA) is 115 Å². The van der Waals surface area contributed by atoms with Crippen LogP contribution in [0.5, 0.6) is 0 Å². The molecular weight excluding hydrogens is 1060 g/mol. The van der Waals surface area contributed by atoms with Gasteiger partial charge in [-0.25, -0.2) is 9.59 Å². The molecule has 10 aliphatic rings. The first-order valence-corrected chi connectivity index (χ1v) is 33.3. The number of anilines is 2. The summed E-state index contributed by atoms with van der Waals surface area (Å²) < 4.78 is 11.0. The van der Waals surface area contributed by atoms with Crippen molar-refractivity contribution in [2.75, 3.05) is 35.7 Å². The molecule has 8 bridgehead atoms. The van der Waals surface area contributed by atoms with E-state index < -0.39 is 23.3 Å². The van der Waals surface area contributed by atoms with E-state index in [1.807, 2.05) is 41.5 Å². The van der Waals surface area contributed by atoms with E-state index in [9.17, 15) is 19.2 Å². The summed E-state index contributed by atoms with van der Waals surface area (Å²) in [5.41, 5.74) is 1.38. The number of fused-ring (bicyclic) bond motifs is 8. The fourth-order valence-electron chi connectivity index (χ4n) is 17.7. The predicted molar refractivity (Wildman–Crippen MR) is 326 cm³/mol. The number of carbonyl (C=O) groups excluding carboxylic acids is 4. The monoisotopic (exact) mass is 1160 g/mol. The number of esters is 2. The number of hydrogen-bond acceptors (Lipinski definition) is 10. The Balaban J connectivity index is 0.000000179. The molecule has 2 aromatic carbocycles. The van der Waals surface area contributed by atoms with Gasteiger partial charge in [0.15, 0.2) is 0 Å². The molecule has 4 saturated carbocycles. The molecular formula is C68H104ClN6NaO6. The van der Waals surface area contributed by atoms with Gasteiger partial charge in [0, 0.05) is 72.8 Å². The molecule has 6 aliphatic heterocycles. The summed E-state index contributed by atoms with van der Waals surface area (Å²) >= 11 is 5.49. The maximum absolute atomic E-state index is 13.9. The molecule has 2 aromatic rings. The van der Waals surface area contributed by atoms with E-state index in [0.29, 0.717) is 56.6 Å². The third kappa shape index (κ3) is 16.4. The number of nitrogens with one attached hydrogen (secondary N) is 1. The third-order valence-electron chi connectivity index (χ3n) is 20.7. The summed E-state index contributed by atoms with van der Waals surface area (Å²) in [5, 5.41) is 3.85. The number of ether oxygens (including phenoxy) is 2. The zero-order chi connectivity index (χ0) is 56.8. The van der Waals surface area contributed by atoms with Gasteiger partial charge in [0.1, 0.15) is 29.2 Å². The Kier molecular flexibility index (Phi) is 22.3. The molecule has 6 heterocycles. The summed E-state index contributed by atoms with van der Waals surface area (Å²) in [6.07, 6.45) is 34.1. The third-order valence-corrected chi connectivity index (χ3v) is 20.9. The maximum atomic E-state index is 13.9.